The summed E-state index contributed by atoms with van der Waals surface area (Å²) in [6, 6.07) is 7.78. The molecule has 0 unspecified atom stereocenters. The summed E-state index contributed by atoms with van der Waals surface area (Å²) in [5.41, 5.74) is 5.93. The van der Waals surface area contributed by atoms with Crippen LogP contribution in [0.1, 0.15) is 11.1 Å². The summed E-state index contributed by atoms with van der Waals surface area (Å²) in [6.07, 6.45) is 0. The fraction of sp³-hybridized carbons (Fsp3) is 0.143. The van der Waals surface area contributed by atoms with E-state index in [2.05, 4.69) is 4.72 Å². The third kappa shape index (κ3) is 3.56. The standard InChI is InChI=1S/C14H14F2N2O2S/c1-9-13(16)6-12(17)7-14(9)21(19,20)18-8-10-3-2-4-11(15)5-10/h2-7,18H,8,17H2,1H3. The highest BCUT2D eigenvalue weighted by Crippen LogP contribution is 2.21. The van der Waals surface area contributed by atoms with Crippen LogP contribution in [0.15, 0.2) is 41.3 Å². The molecule has 21 heavy (non-hydrogen) atoms. The zero-order valence-corrected chi connectivity index (χ0v) is 12.0. The zero-order chi connectivity index (χ0) is 15.6. The number of sulfonamides is 1. The Kier molecular flexibility index (Phi) is 4.24. The fourth-order valence-electron chi connectivity index (χ4n) is 1.86. The second kappa shape index (κ2) is 5.79. The minimum absolute atomic E-state index is 0.0176. The van der Waals surface area contributed by atoms with Crippen molar-refractivity contribution in [2.24, 2.45) is 0 Å². The van der Waals surface area contributed by atoms with Gasteiger partial charge in [-0.3, -0.25) is 0 Å². The van der Waals surface area contributed by atoms with Crippen molar-refractivity contribution >= 4 is 15.7 Å². The van der Waals surface area contributed by atoms with Gasteiger partial charge in [0, 0.05) is 17.8 Å². The Labute approximate surface area is 121 Å². The molecular formula is C14H14F2N2O2S. The molecule has 0 aliphatic carbocycles. The molecule has 4 nitrogen and oxygen atoms in total. The molecule has 0 fully saturated rings. The van der Waals surface area contributed by atoms with E-state index in [0.29, 0.717) is 5.56 Å². The molecule has 7 heteroatoms. The third-order valence-corrected chi connectivity index (χ3v) is 4.49. The van der Waals surface area contributed by atoms with Crippen LogP contribution in [0.2, 0.25) is 0 Å². The van der Waals surface area contributed by atoms with Crippen molar-refractivity contribution in [3.63, 3.8) is 0 Å². The molecule has 2 aromatic carbocycles. The van der Waals surface area contributed by atoms with Gasteiger partial charge in [0.1, 0.15) is 11.6 Å². The molecule has 3 N–H and O–H groups in total. The van der Waals surface area contributed by atoms with Crippen molar-refractivity contribution in [2.45, 2.75) is 18.4 Å². The zero-order valence-electron chi connectivity index (χ0n) is 11.2. The van der Waals surface area contributed by atoms with Gasteiger partial charge in [-0.1, -0.05) is 12.1 Å². The van der Waals surface area contributed by atoms with E-state index >= 15 is 0 Å². The van der Waals surface area contributed by atoms with Gasteiger partial charge in [-0.05, 0) is 36.8 Å². The lowest BCUT2D eigenvalue weighted by Crippen LogP contribution is -2.24. The summed E-state index contributed by atoms with van der Waals surface area (Å²) in [5.74, 6) is -1.15. The van der Waals surface area contributed by atoms with E-state index in [1.165, 1.54) is 31.2 Å². The summed E-state index contributed by atoms with van der Waals surface area (Å²) in [6.45, 7) is 1.25. The van der Waals surface area contributed by atoms with Gasteiger partial charge in [-0.15, -0.1) is 0 Å². The van der Waals surface area contributed by atoms with Gasteiger partial charge in [-0.25, -0.2) is 21.9 Å². The van der Waals surface area contributed by atoms with E-state index in [0.717, 1.165) is 6.07 Å². The average molecular weight is 312 g/mol. The maximum Gasteiger partial charge on any atom is 0.241 e. The van der Waals surface area contributed by atoms with Gasteiger partial charge in [0.05, 0.1) is 4.90 Å². The lowest BCUT2D eigenvalue weighted by molar-refractivity contribution is 0.574. The number of nitrogens with two attached hydrogens (primary N) is 1. The van der Waals surface area contributed by atoms with Gasteiger partial charge in [0.25, 0.3) is 0 Å². The molecular weight excluding hydrogens is 298 g/mol. The van der Waals surface area contributed by atoms with Gasteiger partial charge in [0.2, 0.25) is 10.0 Å². The maximum atomic E-state index is 13.6. The highest BCUT2D eigenvalue weighted by Gasteiger charge is 2.19. The van der Waals surface area contributed by atoms with Crippen LogP contribution in [0.5, 0.6) is 0 Å². The molecule has 2 aromatic rings. The minimum Gasteiger partial charge on any atom is -0.399 e. The molecule has 0 aromatic heterocycles. The van der Waals surface area contributed by atoms with Crippen molar-refractivity contribution in [2.75, 3.05) is 5.73 Å². The second-order valence-corrected chi connectivity index (χ2v) is 6.32. The number of nitrogen functional groups attached to an aromatic ring is 1. The van der Waals surface area contributed by atoms with E-state index in [9.17, 15) is 17.2 Å². The molecule has 0 amide bonds. The Morgan fingerprint density at radius 2 is 1.90 bits per heavy atom. The van der Waals surface area contributed by atoms with Crippen LogP contribution in [-0.2, 0) is 16.6 Å². The fourth-order valence-corrected chi connectivity index (χ4v) is 3.16. The van der Waals surface area contributed by atoms with Gasteiger partial charge < -0.3 is 5.73 Å². The van der Waals surface area contributed by atoms with Crippen LogP contribution in [0.25, 0.3) is 0 Å². The summed E-state index contributed by atoms with van der Waals surface area (Å²) >= 11 is 0. The van der Waals surface area contributed by atoms with Crippen molar-refractivity contribution in [3.8, 4) is 0 Å². The quantitative estimate of drug-likeness (QED) is 0.851. The molecule has 0 spiro atoms. The van der Waals surface area contributed by atoms with Crippen LogP contribution >= 0.6 is 0 Å². The molecule has 0 heterocycles. The first-order valence-electron chi connectivity index (χ1n) is 6.09. The summed E-state index contributed by atoms with van der Waals surface area (Å²) in [5, 5.41) is 0. The maximum absolute atomic E-state index is 13.6. The first kappa shape index (κ1) is 15.4. The Hall–Kier alpha value is -1.99. The molecule has 112 valence electrons. The van der Waals surface area contributed by atoms with E-state index in [1.807, 2.05) is 0 Å². The molecule has 0 saturated carbocycles. The molecule has 2 rings (SSSR count). The van der Waals surface area contributed by atoms with Crippen LogP contribution in [0.3, 0.4) is 0 Å². The molecule has 0 bridgehead atoms. The largest absolute Gasteiger partial charge is 0.399 e. The first-order valence-corrected chi connectivity index (χ1v) is 7.57. The van der Waals surface area contributed by atoms with Gasteiger partial charge >= 0.3 is 0 Å². The number of nitrogens with one attached hydrogen (secondary N) is 1. The van der Waals surface area contributed by atoms with Crippen molar-refractivity contribution < 1.29 is 17.2 Å². The molecule has 0 aliphatic rings. The smallest absolute Gasteiger partial charge is 0.241 e. The Balaban J connectivity index is 2.27. The minimum atomic E-state index is -3.94. The van der Waals surface area contributed by atoms with E-state index in [4.69, 9.17) is 5.73 Å². The number of anilines is 1. The van der Waals surface area contributed by atoms with Crippen molar-refractivity contribution in [1.29, 1.82) is 0 Å². The van der Waals surface area contributed by atoms with Gasteiger partial charge in [0.15, 0.2) is 0 Å². The summed E-state index contributed by atoms with van der Waals surface area (Å²) in [4.78, 5) is -0.226. The number of hydrogen-bond acceptors (Lipinski definition) is 3. The molecule has 0 atom stereocenters. The monoisotopic (exact) mass is 312 g/mol. The SMILES string of the molecule is Cc1c(F)cc(N)cc1S(=O)(=O)NCc1cccc(F)c1. The Morgan fingerprint density at radius 3 is 2.57 bits per heavy atom. The number of hydrogen-bond donors (Lipinski definition) is 2. The lowest BCUT2D eigenvalue weighted by Gasteiger charge is -2.11. The highest BCUT2D eigenvalue weighted by atomic mass is 32.2. The molecule has 0 radical (unpaired) electrons. The van der Waals surface area contributed by atoms with Crippen LogP contribution in [0, 0.1) is 18.6 Å². The van der Waals surface area contributed by atoms with Crippen LogP contribution < -0.4 is 10.5 Å². The Bertz CT molecular complexity index is 777. The van der Waals surface area contributed by atoms with E-state index < -0.39 is 21.7 Å². The van der Waals surface area contributed by atoms with Crippen molar-refractivity contribution in [1.82, 2.24) is 4.72 Å². The molecule has 0 aliphatic heterocycles. The highest BCUT2D eigenvalue weighted by molar-refractivity contribution is 7.89. The van der Waals surface area contributed by atoms with Crippen LogP contribution in [0.4, 0.5) is 14.5 Å². The van der Waals surface area contributed by atoms with Gasteiger partial charge in [-0.2, -0.15) is 0 Å². The normalized spacial score (nSPS) is 11.6. The van der Waals surface area contributed by atoms with Crippen LogP contribution in [-0.4, -0.2) is 8.42 Å². The summed E-state index contributed by atoms with van der Waals surface area (Å²) < 4.78 is 53.3. The number of halogens is 2. The Morgan fingerprint density at radius 1 is 1.19 bits per heavy atom. The third-order valence-electron chi connectivity index (χ3n) is 2.96. The second-order valence-electron chi connectivity index (χ2n) is 4.58. The van der Waals surface area contributed by atoms with Crippen molar-refractivity contribution in [3.05, 3.63) is 59.2 Å². The first-order chi connectivity index (χ1) is 9.79. The predicted octanol–water partition coefficient (Wildman–Crippen LogP) is 2.33. The molecule has 0 saturated heterocycles. The average Bonchev–Trinajstić information content (AvgIpc) is 2.41. The predicted molar refractivity (Wildman–Crippen MR) is 76.0 cm³/mol. The number of rotatable bonds is 4. The lowest BCUT2D eigenvalue weighted by atomic mass is 10.2. The summed E-state index contributed by atoms with van der Waals surface area (Å²) in [7, 11) is -3.94. The van der Waals surface area contributed by atoms with E-state index in [1.54, 1.807) is 6.07 Å². The number of benzene rings is 2. The topological polar surface area (TPSA) is 72.2 Å². The van der Waals surface area contributed by atoms with E-state index in [-0.39, 0.29) is 22.7 Å².